The quantitative estimate of drug-likeness (QED) is 0.829. The minimum atomic E-state index is -1.07. The van der Waals surface area contributed by atoms with Crippen LogP contribution >= 0.6 is 23.4 Å². The van der Waals surface area contributed by atoms with Crippen molar-refractivity contribution in [2.75, 3.05) is 18.8 Å². The molecule has 0 unspecified atom stereocenters. The number of aliphatic carboxylic acids is 1. The van der Waals surface area contributed by atoms with Crippen LogP contribution in [-0.4, -0.2) is 41.8 Å². The monoisotopic (exact) mass is 331 g/mol. The molecule has 1 aliphatic heterocycles. The standard InChI is InChI=1S/C13H14ClNO5S/c1-21-3-2-9(13(17)18)15-12(16)7-4-8(14)11-10(5-7)19-6-20-11/h4-5,9H,2-3,6H2,1H3,(H,15,16)(H,17,18)/t9-/m1/s1. The van der Waals surface area contributed by atoms with Crippen LogP contribution < -0.4 is 14.8 Å². The van der Waals surface area contributed by atoms with Gasteiger partial charge in [0.2, 0.25) is 6.79 Å². The summed E-state index contributed by atoms with van der Waals surface area (Å²) in [6, 6.07) is 1.98. The molecule has 0 fully saturated rings. The molecule has 0 aromatic heterocycles. The van der Waals surface area contributed by atoms with E-state index in [-0.39, 0.29) is 17.4 Å². The SMILES string of the molecule is CSCC[C@@H](NC(=O)c1cc(Cl)c2c(c1)OCO2)C(=O)O. The Morgan fingerprint density at radius 3 is 2.90 bits per heavy atom. The van der Waals surface area contributed by atoms with Crippen molar-refractivity contribution in [2.45, 2.75) is 12.5 Å². The number of benzene rings is 1. The van der Waals surface area contributed by atoms with Gasteiger partial charge in [0.1, 0.15) is 6.04 Å². The second-order valence-corrected chi connectivity index (χ2v) is 5.73. The molecular weight excluding hydrogens is 318 g/mol. The maximum Gasteiger partial charge on any atom is 0.326 e. The molecule has 0 spiro atoms. The fourth-order valence-corrected chi connectivity index (χ4v) is 2.57. The molecule has 1 atom stereocenters. The van der Waals surface area contributed by atoms with E-state index in [0.29, 0.717) is 23.7 Å². The van der Waals surface area contributed by atoms with Crippen LogP contribution in [0.15, 0.2) is 12.1 Å². The zero-order chi connectivity index (χ0) is 15.4. The maximum absolute atomic E-state index is 12.1. The molecule has 1 aromatic carbocycles. The summed E-state index contributed by atoms with van der Waals surface area (Å²) in [5.74, 6) is -0.166. The van der Waals surface area contributed by atoms with Crippen molar-refractivity contribution in [1.29, 1.82) is 0 Å². The van der Waals surface area contributed by atoms with Crippen LogP contribution in [0.4, 0.5) is 0 Å². The third kappa shape index (κ3) is 3.74. The zero-order valence-corrected chi connectivity index (χ0v) is 12.8. The Hall–Kier alpha value is -1.60. The molecule has 6 nitrogen and oxygen atoms in total. The second-order valence-electron chi connectivity index (χ2n) is 4.34. The average Bonchev–Trinajstić information content (AvgIpc) is 2.91. The van der Waals surface area contributed by atoms with E-state index < -0.39 is 17.9 Å². The summed E-state index contributed by atoms with van der Waals surface area (Å²) in [5, 5.41) is 11.8. The minimum absolute atomic E-state index is 0.0472. The Labute approximate surface area is 130 Å². The van der Waals surface area contributed by atoms with Gasteiger partial charge in [0, 0.05) is 5.56 Å². The molecule has 0 bridgehead atoms. The van der Waals surface area contributed by atoms with Gasteiger partial charge in [-0.15, -0.1) is 0 Å². The zero-order valence-electron chi connectivity index (χ0n) is 11.2. The van der Waals surface area contributed by atoms with Crippen LogP contribution in [0.5, 0.6) is 11.5 Å². The number of hydrogen-bond acceptors (Lipinski definition) is 5. The largest absolute Gasteiger partial charge is 0.480 e. The van der Waals surface area contributed by atoms with Gasteiger partial charge < -0.3 is 19.9 Å². The summed E-state index contributed by atoms with van der Waals surface area (Å²) in [4.78, 5) is 23.3. The lowest BCUT2D eigenvalue weighted by molar-refractivity contribution is -0.139. The van der Waals surface area contributed by atoms with E-state index >= 15 is 0 Å². The van der Waals surface area contributed by atoms with Crippen molar-refractivity contribution in [2.24, 2.45) is 0 Å². The first-order chi connectivity index (χ1) is 10.0. The summed E-state index contributed by atoms with van der Waals surface area (Å²) >= 11 is 7.51. The number of fused-ring (bicyclic) bond motifs is 1. The Morgan fingerprint density at radius 2 is 2.24 bits per heavy atom. The highest BCUT2D eigenvalue weighted by molar-refractivity contribution is 7.98. The van der Waals surface area contributed by atoms with E-state index in [9.17, 15) is 9.59 Å². The van der Waals surface area contributed by atoms with Crippen molar-refractivity contribution >= 4 is 35.2 Å². The summed E-state index contributed by atoms with van der Waals surface area (Å²) in [6.45, 7) is 0.0472. The lowest BCUT2D eigenvalue weighted by Gasteiger charge is -2.14. The molecule has 21 heavy (non-hydrogen) atoms. The van der Waals surface area contributed by atoms with E-state index in [1.54, 1.807) is 0 Å². The van der Waals surface area contributed by atoms with E-state index in [0.717, 1.165) is 0 Å². The number of halogens is 1. The molecule has 1 aromatic rings. The number of rotatable bonds is 6. The predicted molar refractivity (Wildman–Crippen MR) is 79.5 cm³/mol. The molecule has 1 heterocycles. The van der Waals surface area contributed by atoms with E-state index in [2.05, 4.69) is 5.32 Å². The van der Waals surface area contributed by atoms with Gasteiger partial charge in [-0.2, -0.15) is 11.8 Å². The molecule has 1 aliphatic rings. The third-order valence-corrected chi connectivity index (χ3v) is 3.83. The van der Waals surface area contributed by atoms with Crippen molar-refractivity contribution < 1.29 is 24.2 Å². The highest BCUT2D eigenvalue weighted by Crippen LogP contribution is 2.39. The summed E-state index contributed by atoms with van der Waals surface area (Å²) < 4.78 is 10.3. The maximum atomic E-state index is 12.1. The first-order valence-electron chi connectivity index (χ1n) is 6.14. The van der Waals surface area contributed by atoms with Gasteiger partial charge in [0.05, 0.1) is 5.02 Å². The molecule has 0 radical (unpaired) electrons. The van der Waals surface area contributed by atoms with Gasteiger partial charge in [-0.05, 0) is 30.6 Å². The summed E-state index contributed by atoms with van der Waals surface area (Å²) in [6.07, 6.45) is 2.22. The number of carboxylic acids is 1. The lowest BCUT2D eigenvalue weighted by atomic mass is 10.1. The van der Waals surface area contributed by atoms with Crippen LogP contribution in [0.1, 0.15) is 16.8 Å². The van der Waals surface area contributed by atoms with Crippen molar-refractivity contribution in [3.05, 3.63) is 22.7 Å². The first kappa shape index (κ1) is 15.8. The Bertz CT molecular complexity index is 566. The molecule has 0 saturated carbocycles. The fourth-order valence-electron chi connectivity index (χ4n) is 1.83. The number of carbonyl (C=O) groups is 2. The minimum Gasteiger partial charge on any atom is -0.480 e. The molecule has 2 rings (SSSR count). The van der Waals surface area contributed by atoms with Crippen LogP contribution in [0.3, 0.4) is 0 Å². The number of hydrogen-bond donors (Lipinski definition) is 2. The molecular formula is C13H14ClNO5S. The predicted octanol–water partition coefficient (Wildman–Crippen LogP) is 2.00. The Morgan fingerprint density at radius 1 is 1.48 bits per heavy atom. The lowest BCUT2D eigenvalue weighted by Crippen LogP contribution is -2.41. The molecule has 0 aliphatic carbocycles. The topological polar surface area (TPSA) is 84.9 Å². The van der Waals surface area contributed by atoms with Crippen molar-refractivity contribution in [1.82, 2.24) is 5.32 Å². The normalized spacial score (nSPS) is 13.8. The first-order valence-corrected chi connectivity index (χ1v) is 7.92. The molecule has 0 saturated heterocycles. The fraction of sp³-hybridized carbons (Fsp3) is 0.385. The highest BCUT2D eigenvalue weighted by Gasteiger charge is 2.24. The smallest absolute Gasteiger partial charge is 0.326 e. The van der Waals surface area contributed by atoms with Crippen molar-refractivity contribution in [3.63, 3.8) is 0 Å². The van der Waals surface area contributed by atoms with Gasteiger partial charge in [0.25, 0.3) is 5.91 Å². The number of carboxylic acid groups (broad SMARTS) is 1. The summed E-state index contributed by atoms with van der Waals surface area (Å²) in [5.41, 5.74) is 0.236. The number of amides is 1. The molecule has 1 amide bonds. The van der Waals surface area contributed by atoms with Crippen LogP contribution in [0, 0.1) is 0 Å². The molecule has 114 valence electrons. The highest BCUT2D eigenvalue weighted by atomic mass is 35.5. The van der Waals surface area contributed by atoms with E-state index in [1.807, 2.05) is 6.26 Å². The van der Waals surface area contributed by atoms with Gasteiger partial charge in [-0.3, -0.25) is 4.79 Å². The Balaban J connectivity index is 2.12. The second kappa shape index (κ2) is 6.91. The van der Waals surface area contributed by atoms with E-state index in [4.69, 9.17) is 26.2 Å². The average molecular weight is 332 g/mol. The van der Waals surface area contributed by atoms with Gasteiger partial charge in [-0.25, -0.2) is 4.79 Å². The number of carbonyl (C=O) groups excluding carboxylic acids is 1. The van der Waals surface area contributed by atoms with Gasteiger partial charge in [-0.1, -0.05) is 11.6 Å². The van der Waals surface area contributed by atoms with Gasteiger partial charge in [0.15, 0.2) is 11.5 Å². The van der Waals surface area contributed by atoms with Crippen LogP contribution in [0.25, 0.3) is 0 Å². The van der Waals surface area contributed by atoms with Crippen molar-refractivity contribution in [3.8, 4) is 11.5 Å². The van der Waals surface area contributed by atoms with Crippen LogP contribution in [0.2, 0.25) is 5.02 Å². The van der Waals surface area contributed by atoms with E-state index in [1.165, 1.54) is 23.9 Å². The number of ether oxygens (including phenoxy) is 2. The number of nitrogens with one attached hydrogen (secondary N) is 1. The number of thioether (sulfide) groups is 1. The Kier molecular flexibility index (Phi) is 5.19. The third-order valence-electron chi connectivity index (χ3n) is 2.90. The van der Waals surface area contributed by atoms with Gasteiger partial charge >= 0.3 is 5.97 Å². The molecule has 8 heteroatoms. The summed E-state index contributed by atoms with van der Waals surface area (Å²) in [7, 11) is 0. The van der Waals surface area contributed by atoms with Crippen LogP contribution in [-0.2, 0) is 4.79 Å². The molecule has 2 N–H and O–H groups in total.